The van der Waals surface area contributed by atoms with Crippen molar-refractivity contribution in [3.05, 3.63) is 22.7 Å². The smallest absolute Gasteiger partial charge is 0.242 e. The van der Waals surface area contributed by atoms with E-state index in [1.165, 1.54) is 0 Å². The number of benzene rings is 1. The average molecular weight is 312 g/mol. The van der Waals surface area contributed by atoms with Crippen LogP contribution in [0.25, 0.3) is 0 Å². The van der Waals surface area contributed by atoms with Crippen LogP contribution in [0.4, 0.5) is 11.4 Å². The third kappa shape index (κ3) is 2.77. The van der Waals surface area contributed by atoms with E-state index < -0.39 is 0 Å². The van der Waals surface area contributed by atoms with Crippen LogP contribution in [-0.2, 0) is 4.79 Å². The molecule has 1 amide bonds. The third-order valence-electron chi connectivity index (χ3n) is 3.34. The number of halogens is 1. The summed E-state index contributed by atoms with van der Waals surface area (Å²) in [5.74, 6) is 0.0947. The van der Waals surface area contributed by atoms with Gasteiger partial charge < -0.3 is 16.0 Å². The normalized spacial score (nSPS) is 20.1. The molecule has 5 heteroatoms. The van der Waals surface area contributed by atoms with Gasteiger partial charge in [0.25, 0.3) is 0 Å². The first-order chi connectivity index (χ1) is 8.59. The summed E-state index contributed by atoms with van der Waals surface area (Å²) in [7, 11) is 1.93. The van der Waals surface area contributed by atoms with Gasteiger partial charge in [-0.15, -0.1) is 0 Å². The largest absolute Gasteiger partial charge is 0.397 e. The molecule has 1 aromatic rings. The lowest BCUT2D eigenvalue weighted by Gasteiger charge is -2.28. The maximum atomic E-state index is 12.0. The Balaban J connectivity index is 2.23. The number of anilines is 2. The van der Waals surface area contributed by atoms with Gasteiger partial charge in [-0.1, -0.05) is 15.9 Å². The number of nitrogens with one attached hydrogen (secondary N) is 1. The zero-order chi connectivity index (χ0) is 13.1. The first-order valence-corrected chi connectivity index (χ1v) is 6.94. The second kappa shape index (κ2) is 5.61. The number of rotatable bonds is 2. The van der Waals surface area contributed by atoms with Crippen molar-refractivity contribution in [1.82, 2.24) is 5.32 Å². The molecule has 0 spiro atoms. The first kappa shape index (κ1) is 13.2. The van der Waals surface area contributed by atoms with E-state index in [1.54, 1.807) is 0 Å². The second-order valence-corrected chi connectivity index (χ2v) is 5.53. The molecule has 98 valence electrons. The maximum absolute atomic E-state index is 12.0. The highest BCUT2D eigenvalue weighted by Crippen LogP contribution is 2.28. The van der Waals surface area contributed by atoms with E-state index in [-0.39, 0.29) is 11.9 Å². The molecule has 1 aliphatic rings. The van der Waals surface area contributed by atoms with E-state index in [0.29, 0.717) is 5.69 Å². The summed E-state index contributed by atoms with van der Waals surface area (Å²) in [6.45, 7) is 0.777. The predicted octanol–water partition coefficient (Wildman–Crippen LogP) is 2.14. The van der Waals surface area contributed by atoms with Crippen molar-refractivity contribution in [2.24, 2.45) is 0 Å². The molecular formula is C13H18BrN3O. The number of carbonyl (C=O) groups is 1. The molecule has 0 aliphatic carbocycles. The van der Waals surface area contributed by atoms with Crippen LogP contribution in [0.2, 0.25) is 0 Å². The zero-order valence-corrected chi connectivity index (χ0v) is 12.0. The highest BCUT2D eigenvalue weighted by atomic mass is 79.9. The van der Waals surface area contributed by atoms with Crippen LogP contribution in [0.1, 0.15) is 19.3 Å². The summed E-state index contributed by atoms with van der Waals surface area (Å²) in [4.78, 5) is 14.0. The number of nitrogens with zero attached hydrogens (tertiary/aromatic N) is 1. The number of nitrogens with two attached hydrogens (primary N) is 1. The van der Waals surface area contributed by atoms with Crippen LogP contribution in [0, 0.1) is 0 Å². The van der Waals surface area contributed by atoms with Gasteiger partial charge in [0.2, 0.25) is 5.91 Å². The molecule has 0 bridgehead atoms. The van der Waals surface area contributed by atoms with Crippen molar-refractivity contribution in [2.45, 2.75) is 25.3 Å². The quantitative estimate of drug-likeness (QED) is 0.823. The van der Waals surface area contributed by atoms with E-state index in [0.717, 1.165) is 36.0 Å². The molecule has 2 rings (SSSR count). The molecule has 1 atom stereocenters. The Labute approximate surface area is 116 Å². The lowest BCUT2D eigenvalue weighted by molar-refractivity contribution is -0.122. The van der Waals surface area contributed by atoms with Gasteiger partial charge in [0, 0.05) is 18.1 Å². The first-order valence-electron chi connectivity index (χ1n) is 6.15. The minimum Gasteiger partial charge on any atom is -0.397 e. The fourth-order valence-corrected chi connectivity index (χ4v) is 2.69. The molecule has 4 nitrogen and oxygen atoms in total. The van der Waals surface area contributed by atoms with Crippen LogP contribution in [0.5, 0.6) is 0 Å². The van der Waals surface area contributed by atoms with Gasteiger partial charge in [-0.25, -0.2) is 0 Å². The van der Waals surface area contributed by atoms with Crippen LogP contribution >= 0.6 is 15.9 Å². The number of amides is 1. The summed E-state index contributed by atoms with van der Waals surface area (Å²) >= 11 is 3.39. The highest BCUT2D eigenvalue weighted by molar-refractivity contribution is 9.10. The molecule has 1 saturated heterocycles. The number of hydrogen-bond donors (Lipinski definition) is 2. The molecule has 3 N–H and O–H groups in total. The van der Waals surface area contributed by atoms with Crippen molar-refractivity contribution in [2.75, 3.05) is 24.2 Å². The van der Waals surface area contributed by atoms with Crippen LogP contribution in [0.15, 0.2) is 22.7 Å². The van der Waals surface area contributed by atoms with Gasteiger partial charge >= 0.3 is 0 Å². The topological polar surface area (TPSA) is 58.4 Å². The summed E-state index contributed by atoms with van der Waals surface area (Å²) in [5.41, 5.74) is 7.60. The minimum atomic E-state index is -0.129. The molecule has 1 fully saturated rings. The predicted molar refractivity (Wildman–Crippen MR) is 77.6 cm³/mol. The zero-order valence-electron chi connectivity index (χ0n) is 10.4. The van der Waals surface area contributed by atoms with Crippen LogP contribution < -0.4 is 16.0 Å². The molecule has 1 aliphatic heterocycles. The standard InChI is InChI=1S/C13H18BrN3O/c1-17(11-6-5-9(14)8-10(11)15)12-4-2-3-7-16-13(12)18/h5-6,8,12H,2-4,7,15H2,1H3,(H,16,18). The Morgan fingerprint density at radius 3 is 2.94 bits per heavy atom. The molecular weight excluding hydrogens is 294 g/mol. The van der Waals surface area contributed by atoms with Gasteiger partial charge in [0.1, 0.15) is 6.04 Å². The van der Waals surface area contributed by atoms with E-state index in [2.05, 4.69) is 21.2 Å². The van der Waals surface area contributed by atoms with Gasteiger partial charge in [-0.2, -0.15) is 0 Å². The van der Waals surface area contributed by atoms with Crippen molar-refractivity contribution in [3.8, 4) is 0 Å². The van der Waals surface area contributed by atoms with Crippen molar-refractivity contribution >= 4 is 33.2 Å². The Kier molecular flexibility index (Phi) is 4.11. The van der Waals surface area contributed by atoms with Crippen molar-refractivity contribution in [1.29, 1.82) is 0 Å². The molecule has 0 radical (unpaired) electrons. The monoisotopic (exact) mass is 311 g/mol. The van der Waals surface area contributed by atoms with Crippen LogP contribution in [0.3, 0.4) is 0 Å². The average Bonchev–Trinajstić information content (AvgIpc) is 2.53. The Hall–Kier alpha value is -1.23. The van der Waals surface area contributed by atoms with E-state index in [9.17, 15) is 4.79 Å². The Morgan fingerprint density at radius 2 is 2.22 bits per heavy atom. The van der Waals surface area contributed by atoms with Crippen LogP contribution in [-0.4, -0.2) is 25.5 Å². The molecule has 1 heterocycles. The molecule has 0 aromatic heterocycles. The lowest BCUT2D eigenvalue weighted by Crippen LogP contribution is -2.44. The summed E-state index contributed by atoms with van der Waals surface area (Å²) in [6.07, 6.45) is 2.98. The van der Waals surface area contributed by atoms with Gasteiger partial charge in [0.05, 0.1) is 11.4 Å². The maximum Gasteiger partial charge on any atom is 0.242 e. The molecule has 18 heavy (non-hydrogen) atoms. The summed E-state index contributed by atoms with van der Waals surface area (Å²) < 4.78 is 0.947. The van der Waals surface area contributed by atoms with Crippen molar-refractivity contribution < 1.29 is 4.79 Å². The minimum absolute atomic E-state index is 0.0947. The number of carbonyl (C=O) groups excluding carboxylic acids is 1. The third-order valence-corrected chi connectivity index (χ3v) is 3.84. The number of hydrogen-bond acceptors (Lipinski definition) is 3. The van der Waals surface area contributed by atoms with E-state index in [4.69, 9.17) is 5.73 Å². The summed E-state index contributed by atoms with van der Waals surface area (Å²) in [6, 6.07) is 5.62. The molecule has 1 aromatic carbocycles. The van der Waals surface area contributed by atoms with E-state index in [1.807, 2.05) is 30.1 Å². The van der Waals surface area contributed by atoms with E-state index >= 15 is 0 Å². The second-order valence-electron chi connectivity index (χ2n) is 4.62. The number of likely N-dealkylation sites (N-methyl/N-ethyl adjacent to an activating group) is 1. The fraction of sp³-hybridized carbons (Fsp3) is 0.462. The SMILES string of the molecule is CN(c1ccc(Br)cc1N)C1CCCCNC1=O. The lowest BCUT2D eigenvalue weighted by atomic mass is 10.1. The molecule has 1 unspecified atom stereocenters. The number of nitrogen functional groups attached to an aromatic ring is 1. The highest BCUT2D eigenvalue weighted by Gasteiger charge is 2.25. The summed E-state index contributed by atoms with van der Waals surface area (Å²) in [5, 5.41) is 2.95. The Morgan fingerprint density at radius 1 is 1.44 bits per heavy atom. The van der Waals surface area contributed by atoms with Crippen molar-refractivity contribution in [3.63, 3.8) is 0 Å². The molecule has 0 saturated carbocycles. The fourth-order valence-electron chi connectivity index (χ4n) is 2.31. The van der Waals surface area contributed by atoms with Gasteiger partial charge in [-0.3, -0.25) is 4.79 Å². The van der Waals surface area contributed by atoms with Gasteiger partial charge in [-0.05, 0) is 37.5 Å². The Bertz CT molecular complexity index is 450. The van der Waals surface area contributed by atoms with Gasteiger partial charge in [0.15, 0.2) is 0 Å².